The number of nitrogens with one attached hydrogen (secondary N) is 1. The molecule has 3 unspecified atom stereocenters. The van der Waals surface area contributed by atoms with Crippen LogP contribution in [-0.2, 0) is 4.79 Å². The zero-order valence-corrected chi connectivity index (χ0v) is 12.0. The van der Waals surface area contributed by atoms with Crippen molar-refractivity contribution in [2.45, 2.75) is 71.0 Å². The zero-order valence-electron chi connectivity index (χ0n) is 12.0. The van der Waals surface area contributed by atoms with E-state index in [9.17, 15) is 4.79 Å². The van der Waals surface area contributed by atoms with Gasteiger partial charge in [-0.1, -0.05) is 13.3 Å². The van der Waals surface area contributed by atoms with E-state index in [4.69, 9.17) is 0 Å². The van der Waals surface area contributed by atoms with Crippen LogP contribution < -0.4 is 5.32 Å². The molecule has 1 amide bonds. The largest absolute Gasteiger partial charge is 0.306 e. The number of carbonyl (C=O) groups excluding carboxylic acids is 1. The fourth-order valence-corrected chi connectivity index (χ4v) is 3.29. The highest BCUT2D eigenvalue weighted by atomic mass is 16.2. The fourth-order valence-electron chi connectivity index (χ4n) is 3.29. The summed E-state index contributed by atoms with van der Waals surface area (Å²) in [6, 6.07) is 1.05. The first-order valence-corrected chi connectivity index (χ1v) is 7.48. The monoisotopic (exact) mass is 253 g/mol. The maximum Gasteiger partial charge on any atom is 0.254 e. The van der Waals surface area contributed by atoms with Gasteiger partial charge in [-0.2, -0.15) is 0 Å². The average molecular weight is 253 g/mol. The van der Waals surface area contributed by atoms with Gasteiger partial charge in [0.15, 0.2) is 0 Å². The van der Waals surface area contributed by atoms with Gasteiger partial charge in [-0.25, -0.2) is 5.01 Å². The minimum atomic E-state index is 0.0475. The highest BCUT2D eigenvalue weighted by Gasteiger charge is 2.39. The Balaban J connectivity index is 1.98. The predicted molar refractivity (Wildman–Crippen MR) is 73.0 cm³/mol. The Kier molecular flexibility index (Phi) is 4.62. The Morgan fingerprint density at radius 1 is 1.22 bits per heavy atom. The normalized spacial score (nSPS) is 34.3. The molecular formula is C14H27N3O. The van der Waals surface area contributed by atoms with Crippen molar-refractivity contribution in [2.24, 2.45) is 0 Å². The van der Waals surface area contributed by atoms with Crippen molar-refractivity contribution in [3.8, 4) is 0 Å². The summed E-state index contributed by atoms with van der Waals surface area (Å²) in [6.45, 7) is 8.45. The molecule has 3 atom stereocenters. The van der Waals surface area contributed by atoms with Gasteiger partial charge >= 0.3 is 0 Å². The van der Waals surface area contributed by atoms with Gasteiger partial charge in [-0.15, -0.1) is 0 Å². The van der Waals surface area contributed by atoms with Crippen LogP contribution in [0.25, 0.3) is 0 Å². The van der Waals surface area contributed by atoms with Gasteiger partial charge in [0.2, 0.25) is 0 Å². The van der Waals surface area contributed by atoms with E-state index in [2.05, 4.69) is 31.1 Å². The first-order chi connectivity index (χ1) is 8.65. The van der Waals surface area contributed by atoms with Crippen LogP contribution in [0, 0.1) is 0 Å². The maximum absolute atomic E-state index is 12.4. The topological polar surface area (TPSA) is 35.6 Å². The third kappa shape index (κ3) is 2.69. The van der Waals surface area contributed by atoms with Crippen molar-refractivity contribution in [3.05, 3.63) is 0 Å². The Bertz CT molecular complexity index is 285. The molecule has 2 heterocycles. The van der Waals surface area contributed by atoms with Crippen molar-refractivity contribution in [3.63, 3.8) is 0 Å². The van der Waals surface area contributed by atoms with Crippen LogP contribution in [0.15, 0.2) is 0 Å². The summed E-state index contributed by atoms with van der Waals surface area (Å²) >= 11 is 0. The molecule has 0 spiro atoms. The number of hydrogen-bond acceptors (Lipinski definition) is 3. The molecule has 0 aromatic carbocycles. The van der Waals surface area contributed by atoms with Gasteiger partial charge in [0.1, 0.15) is 0 Å². The molecule has 2 aliphatic rings. The van der Waals surface area contributed by atoms with E-state index >= 15 is 0 Å². The first-order valence-electron chi connectivity index (χ1n) is 7.48. The van der Waals surface area contributed by atoms with Gasteiger partial charge in [-0.3, -0.25) is 9.80 Å². The standard InChI is InChI=1S/C14H27N3O/c1-4-9-15-13-8-10-16(14(13)18)17-11(2)6-5-7-12(17)3/h11-13,15H,4-10H2,1-3H3. The lowest BCUT2D eigenvalue weighted by atomic mass is 9.99. The lowest BCUT2D eigenvalue weighted by Gasteiger charge is -2.44. The highest BCUT2D eigenvalue weighted by molar-refractivity contribution is 5.83. The van der Waals surface area contributed by atoms with Crippen LogP contribution in [0.5, 0.6) is 0 Å². The highest BCUT2D eigenvalue weighted by Crippen LogP contribution is 2.27. The van der Waals surface area contributed by atoms with Gasteiger partial charge in [0, 0.05) is 18.6 Å². The van der Waals surface area contributed by atoms with Crippen molar-refractivity contribution < 1.29 is 4.79 Å². The number of carbonyl (C=O) groups is 1. The third-order valence-corrected chi connectivity index (χ3v) is 4.25. The minimum absolute atomic E-state index is 0.0475. The van der Waals surface area contributed by atoms with Gasteiger partial charge < -0.3 is 5.32 Å². The molecule has 2 aliphatic heterocycles. The molecule has 0 saturated carbocycles. The number of hydrazine groups is 1. The molecule has 0 radical (unpaired) electrons. The lowest BCUT2D eigenvalue weighted by molar-refractivity contribution is -0.157. The molecule has 2 rings (SSSR count). The van der Waals surface area contributed by atoms with E-state index < -0.39 is 0 Å². The summed E-state index contributed by atoms with van der Waals surface area (Å²) in [4.78, 5) is 12.4. The van der Waals surface area contributed by atoms with E-state index in [-0.39, 0.29) is 11.9 Å². The van der Waals surface area contributed by atoms with Crippen LogP contribution in [0.2, 0.25) is 0 Å². The molecule has 18 heavy (non-hydrogen) atoms. The van der Waals surface area contributed by atoms with Crippen LogP contribution in [-0.4, -0.2) is 47.1 Å². The predicted octanol–water partition coefficient (Wildman–Crippen LogP) is 1.76. The second kappa shape index (κ2) is 6.02. The Morgan fingerprint density at radius 2 is 1.89 bits per heavy atom. The van der Waals surface area contributed by atoms with E-state index in [1.807, 2.05) is 5.01 Å². The molecule has 2 fully saturated rings. The summed E-state index contributed by atoms with van der Waals surface area (Å²) in [6.07, 6.45) is 5.75. The smallest absolute Gasteiger partial charge is 0.254 e. The summed E-state index contributed by atoms with van der Waals surface area (Å²) in [7, 11) is 0. The summed E-state index contributed by atoms with van der Waals surface area (Å²) < 4.78 is 0. The van der Waals surface area contributed by atoms with E-state index in [1.54, 1.807) is 0 Å². The van der Waals surface area contributed by atoms with Crippen molar-refractivity contribution in [1.82, 2.24) is 15.3 Å². The van der Waals surface area contributed by atoms with E-state index in [1.165, 1.54) is 19.3 Å². The molecule has 0 aliphatic carbocycles. The third-order valence-electron chi connectivity index (χ3n) is 4.25. The van der Waals surface area contributed by atoms with Crippen molar-refractivity contribution in [1.29, 1.82) is 0 Å². The number of nitrogens with zero attached hydrogens (tertiary/aromatic N) is 2. The Morgan fingerprint density at radius 3 is 2.50 bits per heavy atom. The zero-order chi connectivity index (χ0) is 13.1. The molecule has 0 aromatic heterocycles. The summed E-state index contributed by atoms with van der Waals surface area (Å²) in [5, 5.41) is 7.71. The quantitative estimate of drug-likeness (QED) is 0.829. The molecule has 1 N–H and O–H groups in total. The van der Waals surface area contributed by atoms with Gasteiger partial charge in [0.05, 0.1) is 6.04 Å². The van der Waals surface area contributed by atoms with Crippen molar-refractivity contribution in [2.75, 3.05) is 13.1 Å². The van der Waals surface area contributed by atoms with Crippen LogP contribution in [0.3, 0.4) is 0 Å². The second-order valence-electron chi connectivity index (χ2n) is 5.77. The van der Waals surface area contributed by atoms with Crippen LogP contribution in [0.1, 0.15) is 52.9 Å². The van der Waals surface area contributed by atoms with Gasteiger partial charge in [0.25, 0.3) is 5.91 Å². The number of piperidine rings is 1. The molecular weight excluding hydrogens is 226 g/mol. The van der Waals surface area contributed by atoms with Crippen LogP contribution in [0.4, 0.5) is 0 Å². The van der Waals surface area contributed by atoms with E-state index in [0.29, 0.717) is 12.1 Å². The SMILES string of the molecule is CCCNC1CCN(N2C(C)CCCC2C)C1=O. The Hall–Kier alpha value is -0.610. The van der Waals surface area contributed by atoms with Gasteiger partial charge in [-0.05, 0) is 46.1 Å². The molecule has 0 aromatic rings. The molecule has 0 bridgehead atoms. The molecule has 4 heteroatoms. The minimum Gasteiger partial charge on any atom is -0.306 e. The number of hydrogen-bond donors (Lipinski definition) is 1. The summed E-state index contributed by atoms with van der Waals surface area (Å²) in [5.74, 6) is 0.282. The molecule has 104 valence electrons. The molecule has 4 nitrogen and oxygen atoms in total. The number of amides is 1. The Labute approximate surface area is 111 Å². The van der Waals surface area contributed by atoms with Crippen LogP contribution >= 0.6 is 0 Å². The second-order valence-corrected chi connectivity index (χ2v) is 5.77. The van der Waals surface area contributed by atoms with E-state index in [0.717, 1.165) is 25.9 Å². The number of rotatable bonds is 4. The molecule has 2 saturated heterocycles. The summed E-state index contributed by atoms with van der Waals surface area (Å²) in [5.41, 5.74) is 0. The maximum atomic E-state index is 12.4. The first kappa shape index (κ1) is 13.8. The average Bonchev–Trinajstić information content (AvgIpc) is 2.69. The van der Waals surface area contributed by atoms with Crippen molar-refractivity contribution >= 4 is 5.91 Å². The fraction of sp³-hybridized carbons (Fsp3) is 0.929. The lowest BCUT2D eigenvalue weighted by Crippen LogP contribution is -2.56.